The zero-order chi connectivity index (χ0) is 25.3. The lowest BCUT2D eigenvalue weighted by molar-refractivity contribution is -0.162. The molecule has 4 nitrogen and oxygen atoms in total. The van der Waals surface area contributed by atoms with Gasteiger partial charge in [-0.3, -0.25) is 10.1 Å². The van der Waals surface area contributed by atoms with Gasteiger partial charge in [0.05, 0.1) is 18.6 Å². The number of ether oxygens (including phenoxy) is 1. The summed E-state index contributed by atoms with van der Waals surface area (Å²) in [5.74, 6) is -0.535. The average molecular weight is 493 g/mol. The Morgan fingerprint density at radius 1 is 1.14 bits per heavy atom. The Balaban J connectivity index is 1.62. The molecule has 0 spiro atoms. The molecule has 2 aromatic carbocycles. The summed E-state index contributed by atoms with van der Waals surface area (Å²) in [4.78, 5) is 14.8. The maximum absolute atomic E-state index is 14.4. The minimum absolute atomic E-state index is 0.0315. The number of nitrogens with zero attached hydrogens (tertiary/aromatic N) is 1. The summed E-state index contributed by atoms with van der Waals surface area (Å²) in [6, 6.07) is 10.3. The maximum Gasteiger partial charge on any atom is 0.407 e. The highest BCUT2D eigenvalue weighted by Gasteiger charge is 2.50. The van der Waals surface area contributed by atoms with E-state index in [2.05, 4.69) is 5.32 Å². The Kier molecular flexibility index (Phi) is 7.52. The lowest BCUT2D eigenvalue weighted by Crippen LogP contribution is -2.52. The fourth-order valence-electron chi connectivity index (χ4n) is 5.10. The van der Waals surface area contributed by atoms with Crippen molar-refractivity contribution in [1.29, 1.82) is 0 Å². The number of halogens is 4. The molecule has 8 heteroatoms. The monoisotopic (exact) mass is 492 g/mol. The number of amides is 1. The molecule has 2 unspecified atom stereocenters. The number of aryl methyl sites for hydroxylation is 1. The average Bonchev–Trinajstić information content (AvgIpc) is 3.40. The number of likely N-dealkylation sites (tertiary alicyclic amines) is 1. The summed E-state index contributed by atoms with van der Waals surface area (Å²) in [6.45, 7) is 5.85. The van der Waals surface area contributed by atoms with Gasteiger partial charge in [0.25, 0.3) is 0 Å². The Morgan fingerprint density at radius 2 is 1.86 bits per heavy atom. The van der Waals surface area contributed by atoms with Gasteiger partial charge in [-0.15, -0.1) is 0 Å². The van der Waals surface area contributed by atoms with Crippen molar-refractivity contribution in [1.82, 2.24) is 10.2 Å². The van der Waals surface area contributed by atoms with E-state index in [0.717, 1.165) is 11.1 Å². The zero-order valence-electron chi connectivity index (χ0n) is 20.2. The first-order chi connectivity index (χ1) is 16.5. The molecule has 0 radical (unpaired) electrons. The molecule has 4 rings (SSSR count). The van der Waals surface area contributed by atoms with Crippen molar-refractivity contribution in [3.63, 3.8) is 0 Å². The fourth-order valence-corrected chi connectivity index (χ4v) is 5.10. The number of benzene rings is 2. The van der Waals surface area contributed by atoms with Gasteiger partial charge >= 0.3 is 6.18 Å². The minimum atomic E-state index is -4.63. The number of carbonyl (C=O) groups is 1. The second-order valence-corrected chi connectivity index (χ2v) is 10.0. The normalized spacial score (nSPS) is 24.0. The highest BCUT2D eigenvalue weighted by Crippen LogP contribution is 2.37. The molecule has 0 aliphatic carbocycles. The molecule has 5 atom stereocenters. The summed E-state index contributed by atoms with van der Waals surface area (Å²) in [7, 11) is 0. The van der Waals surface area contributed by atoms with E-state index >= 15 is 0 Å². The van der Waals surface area contributed by atoms with E-state index in [9.17, 15) is 22.4 Å². The van der Waals surface area contributed by atoms with Crippen LogP contribution >= 0.6 is 0 Å². The third kappa shape index (κ3) is 5.70. The second kappa shape index (κ2) is 10.3. The minimum Gasteiger partial charge on any atom is -0.373 e. The summed E-state index contributed by atoms with van der Waals surface area (Å²) >= 11 is 0. The van der Waals surface area contributed by atoms with Crippen LogP contribution in [0, 0.1) is 12.8 Å². The van der Waals surface area contributed by atoms with Crippen LogP contribution in [0.15, 0.2) is 48.5 Å². The van der Waals surface area contributed by atoms with Gasteiger partial charge in [-0.2, -0.15) is 13.2 Å². The summed E-state index contributed by atoms with van der Waals surface area (Å²) < 4.78 is 62.9. The first-order valence-electron chi connectivity index (χ1n) is 12.1. The quantitative estimate of drug-likeness (QED) is 0.511. The van der Waals surface area contributed by atoms with Crippen molar-refractivity contribution in [2.24, 2.45) is 5.92 Å². The van der Waals surface area contributed by atoms with Crippen LogP contribution in [-0.4, -0.2) is 54.5 Å². The number of hydrogen-bond donors (Lipinski definition) is 1. The van der Waals surface area contributed by atoms with Crippen LogP contribution in [0.2, 0.25) is 0 Å². The van der Waals surface area contributed by atoms with Gasteiger partial charge in [-0.25, -0.2) is 4.39 Å². The second-order valence-electron chi connectivity index (χ2n) is 10.0. The van der Waals surface area contributed by atoms with E-state index in [-0.39, 0.29) is 24.4 Å². The molecule has 0 aromatic heterocycles. The molecule has 1 amide bonds. The molecule has 190 valence electrons. The Hall–Kier alpha value is -2.45. The molecule has 2 saturated heterocycles. The molecule has 2 aliphatic heterocycles. The Labute approximate surface area is 203 Å². The van der Waals surface area contributed by atoms with Gasteiger partial charge in [0.15, 0.2) is 0 Å². The number of rotatable bonds is 7. The van der Waals surface area contributed by atoms with Crippen molar-refractivity contribution in [2.75, 3.05) is 13.2 Å². The van der Waals surface area contributed by atoms with Crippen LogP contribution in [-0.2, 0) is 9.53 Å². The lowest BCUT2D eigenvalue weighted by Gasteiger charge is -2.32. The van der Waals surface area contributed by atoms with Gasteiger partial charge in [-0.1, -0.05) is 61.9 Å². The smallest absolute Gasteiger partial charge is 0.373 e. The third-order valence-electron chi connectivity index (χ3n) is 6.82. The lowest BCUT2D eigenvalue weighted by atomic mass is 9.96. The van der Waals surface area contributed by atoms with Gasteiger partial charge in [0.2, 0.25) is 5.91 Å². The molecule has 2 fully saturated rings. The van der Waals surface area contributed by atoms with Crippen LogP contribution in [0.5, 0.6) is 0 Å². The molecule has 2 heterocycles. The zero-order valence-corrected chi connectivity index (χ0v) is 20.2. The van der Waals surface area contributed by atoms with Crippen molar-refractivity contribution in [2.45, 2.75) is 70.2 Å². The molecule has 35 heavy (non-hydrogen) atoms. The predicted octanol–water partition coefficient (Wildman–Crippen LogP) is 5.61. The van der Waals surface area contributed by atoms with E-state index in [1.54, 1.807) is 12.1 Å². The van der Waals surface area contributed by atoms with Crippen LogP contribution in [0.25, 0.3) is 11.1 Å². The molecule has 2 aliphatic rings. The first-order valence-corrected chi connectivity index (χ1v) is 12.1. The van der Waals surface area contributed by atoms with E-state index in [4.69, 9.17) is 4.74 Å². The number of fused-ring (bicyclic) bond motifs is 1. The van der Waals surface area contributed by atoms with Crippen molar-refractivity contribution in [3.05, 3.63) is 59.7 Å². The van der Waals surface area contributed by atoms with E-state index < -0.39 is 42.5 Å². The topological polar surface area (TPSA) is 41.6 Å². The number of alkyl halides is 4. The highest BCUT2D eigenvalue weighted by molar-refractivity contribution is 5.83. The largest absolute Gasteiger partial charge is 0.407 e. The standard InChI is InChI=1S/C27H32F4N2O2/c1-16(2)13-22(26(34)33-15-21(28)24-23(33)11-12-35-24)32-25(27(29,30)31)20-6-4-5-19(14-20)18-9-7-17(3)8-10-18/h4-10,14,16,21-25,32H,11-13,15H2,1-3H3/t21-,22?,23+,24+,25?/m0/s1. The number of hydrogen-bond acceptors (Lipinski definition) is 3. The van der Waals surface area contributed by atoms with Gasteiger partial charge < -0.3 is 9.64 Å². The summed E-state index contributed by atoms with van der Waals surface area (Å²) in [5.41, 5.74) is 2.56. The molecule has 0 bridgehead atoms. The first kappa shape index (κ1) is 25.6. The molecular weight excluding hydrogens is 460 g/mol. The van der Waals surface area contributed by atoms with E-state index in [1.165, 1.54) is 17.0 Å². The molecule has 1 N–H and O–H groups in total. The number of nitrogens with one attached hydrogen (secondary N) is 1. The molecule has 0 saturated carbocycles. The molecular formula is C27H32F4N2O2. The predicted molar refractivity (Wildman–Crippen MR) is 127 cm³/mol. The fraction of sp³-hybridized carbons (Fsp3) is 0.519. The Morgan fingerprint density at radius 3 is 2.51 bits per heavy atom. The highest BCUT2D eigenvalue weighted by atomic mass is 19.4. The summed E-state index contributed by atoms with van der Waals surface area (Å²) in [5, 5.41) is 2.62. The van der Waals surface area contributed by atoms with Gasteiger partial charge in [-0.05, 0) is 48.4 Å². The van der Waals surface area contributed by atoms with Crippen LogP contribution < -0.4 is 5.32 Å². The molecule has 2 aromatic rings. The van der Waals surface area contributed by atoms with Crippen molar-refractivity contribution < 1.29 is 27.1 Å². The number of carbonyl (C=O) groups excluding carboxylic acids is 1. The van der Waals surface area contributed by atoms with E-state index in [1.807, 2.05) is 45.0 Å². The SMILES string of the molecule is Cc1ccc(-c2cccc(C(NC(CC(C)C)C(=O)N3C[C@H](F)[C@H]4OCC[C@H]43)C(F)(F)F)c2)cc1. The van der Waals surface area contributed by atoms with Crippen LogP contribution in [0.3, 0.4) is 0 Å². The third-order valence-corrected chi connectivity index (χ3v) is 6.82. The van der Waals surface area contributed by atoms with Crippen molar-refractivity contribution >= 4 is 5.91 Å². The summed E-state index contributed by atoms with van der Waals surface area (Å²) in [6.07, 6.45) is -5.95. The van der Waals surface area contributed by atoms with Crippen molar-refractivity contribution in [3.8, 4) is 11.1 Å². The van der Waals surface area contributed by atoms with Gasteiger partial charge in [0.1, 0.15) is 18.3 Å². The van der Waals surface area contributed by atoms with Crippen LogP contribution in [0.1, 0.15) is 43.9 Å². The van der Waals surface area contributed by atoms with Gasteiger partial charge in [0, 0.05) is 6.61 Å². The van der Waals surface area contributed by atoms with E-state index in [0.29, 0.717) is 18.6 Å². The Bertz CT molecular complexity index is 1020. The van der Waals surface area contributed by atoms with Crippen LogP contribution in [0.4, 0.5) is 17.6 Å². The maximum atomic E-state index is 14.4.